The van der Waals surface area contributed by atoms with E-state index in [1.165, 1.54) is 11.3 Å². The largest absolute Gasteiger partial charge is 0.367 e. The van der Waals surface area contributed by atoms with Crippen LogP contribution >= 0.6 is 12.6 Å². The van der Waals surface area contributed by atoms with Crippen LogP contribution in [0.5, 0.6) is 0 Å². The van der Waals surface area contributed by atoms with Crippen LogP contribution in [-0.4, -0.2) is 30.2 Å². The maximum atomic E-state index is 13.7. The molecule has 0 aliphatic carbocycles. The molecule has 0 radical (unpaired) electrons. The molecule has 2 aromatic carbocycles. The number of hydrogen-bond acceptors (Lipinski definition) is 4. The van der Waals surface area contributed by atoms with Crippen molar-refractivity contribution in [3.63, 3.8) is 0 Å². The lowest BCUT2D eigenvalue weighted by molar-refractivity contribution is 0.493. The highest BCUT2D eigenvalue weighted by molar-refractivity contribution is 7.80. The number of fused-ring (bicyclic) bond motifs is 3. The standard InChI is InChI=1S/C20H23FN4S/c1-23(2)22-17-11-14(5-7-20(17)26)25-9-8-18-16(12-25)15-6-4-13(21)10-19(15)24(18)3/h4-7,10-11,22,26H,8-9,12H2,1-3H3. The number of thiol groups is 1. The fourth-order valence-corrected chi connectivity index (χ4v) is 4.01. The van der Waals surface area contributed by atoms with Crippen LogP contribution in [0.15, 0.2) is 41.3 Å². The molecule has 1 aromatic heterocycles. The second kappa shape index (κ2) is 6.52. The normalized spacial score (nSPS) is 14.2. The van der Waals surface area contributed by atoms with Gasteiger partial charge in [0.1, 0.15) is 5.82 Å². The van der Waals surface area contributed by atoms with E-state index in [1.807, 2.05) is 38.3 Å². The average Bonchev–Trinajstić information content (AvgIpc) is 2.88. The van der Waals surface area contributed by atoms with Gasteiger partial charge in [-0.2, -0.15) is 0 Å². The summed E-state index contributed by atoms with van der Waals surface area (Å²) in [6.07, 6.45) is 0.946. The number of hydrazine groups is 1. The van der Waals surface area contributed by atoms with Crippen LogP contribution in [-0.2, 0) is 20.0 Å². The Hall–Kier alpha value is -2.18. The van der Waals surface area contributed by atoms with Crippen molar-refractivity contribution >= 4 is 34.9 Å². The number of aryl methyl sites for hydroxylation is 1. The first kappa shape index (κ1) is 17.2. The van der Waals surface area contributed by atoms with E-state index >= 15 is 0 Å². The summed E-state index contributed by atoms with van der Waals surface area (Å²) in [5, 5.41) is 3.05. The minimum absolute atomic E-state index is 0.184. The van der Waals surface area contributed by atoms with Gasteiger partial charge in [0, 0.05) is 67.9 Å². The molecule has 1 aliphatic heterocycles. The summed E-state index contributed by atoms with van der Waals surface area (Å²) in [7, 11) is 5.95. The molecular weight excluding hydrogens is 347 g/mol. The van der Waals surface area contributed by atoms with Crippen molar-refractivity contribution in [1.82, 2.24) is 9.58 Å². The number of nitrogens with zero attached hydrogens (tertiary/aromatic N) is 3. The molecule has 2 heterocycles. The smallest absolute Gasteiger partial charge is 0.125 e. The van der Waals surface area contributed by atoms with E-state index in [-0.39, 0.29) is 5.82 Å². The maximum Gasteiger partial charge on any atom is 0.125 e. The van der Waals surface area contributed by atoms with Gasteiger partial charge in [-0.3, -0.25) is 0 Å². The second-order valence-corrected chi connectivity index (χ2v) is 7.51. The van der Waals surface area contributed by atoms with Gasteiger partial charge in [0.2, 0.25) is 0 Å². The van der Waals surface area contributed by atoms with Crippen molar-refractivity contribution in [3.05, 3.63) is 53.5 Å². The molecule has 0 unspecified atom stereocenters. The minimum atomic E-state index is -0.184. The van der Waals surface area contributed by atoms with Crippen molar-refractivity contribution in [2.75, 3.05) is 31.0 Å². The van der Waals surface area contributed by atoms with Gasteiger partial charge in [0.15, 0.2) is 0 Å². The summed E-state index contributed by atoms with van der Waals surface area (Å²) >= 11 is 4.54. The van der Waals surface area contributed by atoms with Crippen LogP contribution in [0.25, 0.3) is 10.9 Å². The number of hydrogen-bond donors (Lipinski definition) is 2. The molecular formula is C20H23FN4S. The molecule has 0 bridgehead atoms. The van der Waals surface area contributed by atoms with Gasteiger partial charge >= 0.3 is 0 Å². The lowest BCUT2D eigenvalue weighted by Crippen LogP contribution is -2.31. The molecule has 26 heavy (non-hydrogen) atoms. The van der Waals surface area contributed by atoms with E-state index in [9.17, 15) is 4.39 Å². The van der Waals surface area contributed by atoms with Gasteiger partial charge in [-0.05, 0) is 36.4 Å². The van der Waals surface area contributed by atoms with Gasteiger partial charge in [-0.15, -0.1) is 12.6 Å². The van der Waals surface area contributed by atoms with Crippen LogP contribution in [0, 0.1) is 5.82 Å². The maximum absolute atomic E-state index is 13.7. The van der Waals surface area contributed by atoms with E-state index in [2.05, 4.69) is 39.7 Å². The lowest BCUT2D eigenvalue weighted by Gasteiger charge is -2.30. The van der Waals surface area contributed by atoms with Crippen LogP contribution < -0.4 is 10.3 Å². The Kier molecular flexibility index (Phi) is 4.32. The summed E-state index contributed by atoms with van der Waals surface area (Å²) in [6.45, 7) is 1.76. The topological polar surface area (TPSA) is 23.4 Å². The second-order valence-electron chi connectivity index (χ2n) is 7.02. The van der Waals surface area contributed by atoms with Crippen LogP contribution in [0.1, 0.15) is 11.3 Å². The van der Waals surface area contributed by atoms with E-state index in [0.29, 0.717) is 0 Å². The van der Waals surface area contributed by atoms with E-state index in [0.717, 1.165) is 46.7 Å². The average molecular weight is 370 g/mol. The molecule has 0 saturated carbocycles. The quantitative estimate of drug-likeness (QED) is 0.537. The summed E-state index contributed by atoms with van der Waals surface area (Å²) in [5.74, 6) is -0.184. The highest BCUT2D eigenvalue weighted by Gasteiger charge is 2.23. The Balaban J connectivity index is 1.71. The van der Waals surface area contributed by atoms with Crippen molar-refractivity contribution < 1.29 is 4.39 Å². The fraction of sp³-hybridized carbons (Fsp3) is 0.300. The van der Waals surface area contributed by atoms with E-state index in [1.54, 1.807) is 12.1 Å². The number of aromatic nitrogens is 1. The summed E-state index contributed by atoms with van der Waals surface area (Å²) in [6, 6.07) is 11.4. The van der Waals surface area contributed by atoms with Gasteiger partial charge in [-0.1, -0.05) is 0 Å². The Bertz CT molecular complexity index is 980. The lowest BCUT2D eigenvalue weighted by atomic mass is 10.0. The summed E-state index contributed by atoms with van der Waals surface area (Å²) < 4.78 is 15.8. The first-order valence-electron chi connectivity index (χ1n) is 8.71. The van der Waals surface area contributed by atoms with Crippen LogP contribution in [0.2, 0.25) is 0 Å². The molecule has 0 atom stereocenters. The Morgan fingerprint density at radius 2 is 1.96 bits per heavy atom. The molecule has 1 aliphatic rings. The Morgan fingerprint density at radius 1 is 1.15 bits per heavy atom. The van der Waals surface area contributed by atoms with Gasteiger partial charge in [0.25, 0.3) is 0 Å². The molecule has 0 saturated heterocycles. The van der Waals surface area contributed by atoms with Crippen LogP contribution in [0.4, 0.5) is 15.8 Å². The summed E-state index contributed by atoms with van der Waals surface area (Å²) in [4.78, 5) is 3.29. The van der Waals surface area contributed by atoms with Gasteiger partial charge in [-0.25, -0.2) is 9.40 Å². The first-order valence-corrected chi connectivity index (χ1v) is 9.16. The van der Waals surface area contributed by atoms with Crippen molar-refractivity contribution in [2.45, 2.75) is 17.9 Å². The monoisotopic (exact) mass is 370 g/mol. The molecule has 0 fully saturated rings. The first-order chi connectivity index (χ1) is 12.4. The SMILES string of the molecule is CN(C)Nc1cc(N2CCc3c(c4ccc(F)cc4n3C)C2)ccc1S. The predicted octanol–water partition coefficient (Wildman–Crippen LogP) is 4.06. The van der Waals surface area contributed by atoms with E-state index < -0.39 is 0 Å². The van der Waals surface area contributed by atoms with Crippen molar-refractivity contribution in [1.29, 1.82) is 0 Å². The molecule has 1 N–H and O–H groups in total. The van der Waals surface area contributed by atoms with Crippen molar-refractivity contribution in [2.24, 2.45) is 7.05 Å². The zero-order valence-electron chi connectivity index (χ0n) is 15.3. The minimum Gasteiger partial charge on any atom is -0.367 e. The predicted molar refractivity (Wildman–Crippen MR) is 109 cm³/mol. The highest BCUT2D eigenvalue weighted by atomic mass is 32.1. The molecule has 0 amide bonds. The molecule has 3 aromatic rings. The number of rotatable bonds is 3. The molecule has 0 spiro atoms. The number of halogens is 1. The molecule has 4 nitrogen and oxygen atoms in total. The van der Waals surface area contributed by atoms with Crippen molar-refractivity contribution in [3.8, 4) is 0 Å². The zero-order chi connectivity index (χ0) is 18.4. The molecule has 136 valence electrons. The van der Waals surface area contributed by atoms with E-state index in [4.69, 9.17) is 0 Å². The van der Waals surface area contributed by atoms with Crippen LogP contribution in [0.3, 0.4) is 0 Å². The third-order valence-corrected chi connectivity index (χ3v) is 5.45. The Labute approximate surface area is 158 Å². The Morgan fingerprint density at radius 3 is 2.73 bits per heavy atom. The number of nitrogens with one attached hydrogen (secondary N) is 1. The fourth-order valence-electron chi connectivity index (χ4n) is 3.82. The third-order valence-electron chi connectivity index (χ3n) is 5.06. The number of benzene rings is 2. The van der Waals surface area contributed by atoms with Gasteiger partial charge < -0.3 is 14.9 Å². The molecule has 4 rings (SSSR count). The summed E-state index contributed by atoms with van der Waals surface area (Å²) in [5.41, 5.74) is 9.02. The third kappa shape index (κ3) is 2.93. The number of anilines is 2. The zero-order valence-corrected chi connectivity index (χ0v) is 16.1. The molecule has 6 heteroatoms. The highest BCUT2D eigenvalue weighted by Crippen LogP contribution is 2.34. The van der Waals surface area contributed by atoms with Gasteiger partial charge in [0.05, 0.1) is 11.2 Å².